The lowest BCUT2D eigenvalue weighted by molar-refractivity contribution is 0.346. The number of hydrogen-bond donors (Lipinski definition) is 1. The fourth-order valence-electron chi connectivity index (χ4n) is 2.19. The molecule has 2 atom stereocenters. The Hall–Kier alpha value is -1.07. The zero-order valence-corrected chi connectivity index (χ0v) is 12.7. The Kier molecular flexibility index (Phi) is 4.82. The summed E-state index contributed by atoms with van der Waals surface area (Å²) in [5.41, 5.74) is 1.11. The van der Waals surface area contributed by atoms with Crippen molar-refractivity contribution in [2.75, 3.05) is 27.1 Å². The van der Waals surface area contributed by atoms with Gasteiger partial charge < -0.3 is 14.2 Å². The number of rotatable bonds is 4. The van der Waals surface area contributed by atoms with Crippen LogP contribution in [-0.4, -0.2) is 33.1 Å². The number of benzene rings is 1. The third-order valence-electron chi connectivity index (χ3n) is 3.29. The molecule has 5 heteroatoms. The lowest BCUT2D eigenvalue weighted by Crippen LogP contribution is -2.33. The summed E-state index contributed by atoms with van der Waals surface area (Å²) in [7, 11) is 4.96. The van der Waals surface area contributed by atoms with Crippen molar-refractivity contribution in [3.05, 3.63) is 17.7 Å². The minimum absolute atomic E-state index is 0.235. The summed E-state index contributed by atoms with van der Waals surface area (Å²) in [5, 5.41) is 3.82. The Morgan fingerprint density at radius 3 is 2.26 bits per heavy atom. The molecule has 0 bridgehead atoms. The first-order chi connectivity index (χ1) is 9.19. The van der Waals surface area contributed by atoms with Crippen molar-refractivity contribution in [3.8, 4) is 17.2 Å². The number of ether oxygens (including phenoxy) is 3. The van der Waals surface area contributed by atoms with Gasteiger partial charge >= 0.3 is 0 Å². The predicted molar refractivity (Wildman–Crippen MR) is 78.5 cm³/mol. The van der Waals surface area contributed by atoms with E-state index in [-0.39, 0.29) is 5.37 Å². The molecule has 0 amide bonds. The minimum Gasteiger partial charge on any atom is -0.496 e. The van der Waals surface area contributed by atoms with Crippen LogP contribution in [0.5, 0.6) is 17.2 Å². The Morgan fingerprint density at radius 2 is 1.68 bits per heavy atom. The van der Waals surface area contributed by atoms with Crippen LogP contribution in [0.3, 0.4) is 0 Å². The molecular weight excluding hydrogens is 262 g/mol. The van der Waals surface area contributed by atoms with Crippen molar-refractivity contribution in [2.24, 2.45) is 0 Å². The second-order valence-corrected chi connectivity index (χ2v) is 5.77. The Bertz CT molecular complexity index is 439. The van der Waals surface area contributed by atoms with Gasteiger partial charge in [0.15, 0.2) is 11.5 Å². The maximum absolute atomic E-state index is 5.49. The molecule has 1 aromatic carbocycles. The van der Waals surface area contributed by atoms with Crippen molar-refractivity contribution in [1.82, 2.24) is 5.32 Å². The van der Waals surface area contributed by atoms with E-state index in [0.29, 0.717) is 11.8 Å². The van der Waals surface area contributed by atoms with Gasteiger partial charge in [-0.05, 0) is 25.2 Å². The van der Waals surface area contributed by atoms with Gasteiger partial charge in [0.1, 0.15) is 5.75 Å². The summed E-state index contributed by atoms with van der Waals surface area (Å²) in [6.07, 6.45) is 1.19. The van der Waals surface area contributed by atoms with E-state index in [1.54, 1.807) is 21.3 Å². The van der Waals surface area contributed by atoms with Gasteiger partial charge in [0.25, 0.3) is 0 Å². The molecule has 106 valence electrons. The van der Waals surface area contributed by atoms with Crippen LogP contribution in [0, 0.1) is 0 Å². The summed E-state index contributed by atoms with van der Waals surface area (Å²) >= 11 is 1.89. The quantitative estimate of drug-likeness (QED) is 0.920. The van der Waals surface area contributed by atoms with Gasteiger partial charge in [-0.1, -0.05) is 0 Å². The van der Waals surface area contributed by atoms with Crippen LogP contribution < -0.4 is 19.5 Å². The topological polar surface area (TPSA) is 39.7 Å². The molecule has 1 aliphatic heterocycles. The van der Waals surface area contributed by atoms with Gasteiger partial charge in [0.05, 0.1) is 26.7 Å². The van der Waals surface area contributed by atoms with E-state index in [1.165, 1.54) is 6.42 Å². The van der Waals surface area contributed by atoms with E-state index in [9.17, 15) is 0 Å². The predicted octanol–water partition coefficient (Wildman–Crippen LogP) is 2.83. The van der Waals surface area contributed by atoms with E-state index in [2.05, 4.69) is 12.2 Å². The average molecular weight is 283 g/mol. The fourth-order valence-corrected chi connectivity index (χ4v) is 3.61. The van der Waals surface area contributed by atoms with E-state index < -0.39 is 0 Å². The summed E-state index contributed by atoms with van der Waals surface area (Å²) in [4.78, 5) is 0. The molecule has 2 unspecified atom stereocenters. The van der Waals surface area contributed by atoms with Gasteiger partial charge in [-0.15, -0.1) is 11.8 Å². The molecule has 0 saturated carbocycles. The molecule has 1 saturated heterocycles. The third-order valence-corrected chi connectivity index (χ3v) is 4.48. The molecule has 1 aromatic rings. The highest BCUT2D eigenvalue weighted by atomic mass is 32.2. The maximum atomic E-state index is 5.49. The van der Waals surface area contributed by atoms with Gasteiger partial charge in [0.2, 0.25) is 0 Å². The number of thioether (sulfide) groups is 1. The van der Waals surface area contributed by atoms with E-state index in [4.69, 9.17) is 14.2 Å². The number of methoxy groups -OCH3 is 3. The van der Waals surface area contributed by atoms with E-state index in [0.717, 1.165) is 22.8 Å². The molecule has 0 radical (unpaired) electrons. The smallest absolute Gasteiger partial charge is 0.164 e. The van der Waals surface area contributed by atoms with Crippen molar-refractivity contribution >= 4 is 11.8 Å². The molecule has 1 fully saturated rings. The van der Waals surface area contributed by atoms with Gasteiger partial charge in [-0.25, -0.2) is 0 Å². The van der Waals surface area contributed by atoms with Gasteiger partial charge in [0, 0.05) is 17.7 Å². The molecule has 1 aliphatic rings. The highest BCUT2D eigenvalue weighted by molar-refractivity contribution is 7.99. The highest BCUT2D eigenvalue weighted by Gasteiger charge is 2.24. The average Bonchev–Trinajstić information content (AvgIpc) is 2.45. The fraction of sp³-hybridized carbons (Fsp3) is 0.571. The summed E-state index contributed by atoms with van der Waals surface area (Å²) in [5.74, 6) is 3.41. The third kappa shape index (κ3) is 3.09. The zero-order valence-electron chi connectivity index (χ0n) is 11.9. The van der Waals surface area contributed by atoms with Crippen molar-refractivity contribution in [3.63, 3.8) is 0 Å². The van der Waals surface area contributed by atoms with Crippen LogP contribution in [0.1, 0.15) is 24.3 Å². The molecule has 2 rings (SSSR count). The standard InChI is InChI=1S/C14H21NO3S/c1-9-5-6-19-14(15-9)10-7-12(17-3)13(18-4)8-11(10)16-2/h7-9,14-15H,5-6H2,1-4H3. The Labute approximate surface area is 118 Å². The van der Waals surface area contributed by atoms with E-state index in [1.807, 2.05) is 23.9 Å². The Morgan fingerprint density at radius 1 is 1.05 bits per heavy atom. The molecule has 0 spiro atoms. The lowest BCUT2D eigenvalue weighted by Gasteiger charge is -2.30. The van der Waals surface area contributed by atoms with E-state index >= 15 is 0 Å². The van der Waals surface area contributed by atoms with Crippen LogP contribution in [0.15, 0.2) is 12.1 Å². The normalized spacial score (nSPS) is 22.9. The van der Waals surface area contributed by atoms with Crippen LogP contribution in [0.4, 0.5) is 0 Å². The molecule has 0 aliphatic carbocycles. The maximum Gasteiger partial charge on any atom is 0.164 e. The molecular formula is C14H21NO3S. The SMILES string of the molecule is COc1cc(OC)c(C2NC(C)CCS2)cc1OC. The van der Waals surface area contributed by atoms with Gasteiger partial charge in [-0.3, -0.25) is 5.32 Å². The first-order valence-electron chi connectivity index (χ1n) is 6.37. The van der Waals surface area contributed by atoms with Gasteiger partial charge in [-0.2, -0.15) is 0 Å². The minimum atomic E-state index is 0.235. The molecule has 0 aromatic heterocycles. The van der Waals surface area contributed by atoms with Crippen molar-refractivity contribution < 1.29 is 14.2 Å². The first-order valence-corrected chi connectivity index (χ1v) is 7.42. The monoisotopic (exact) mass is 283 g/mol. The van der Waals surface area contributed by atoms with Crippen LogP contribution >= 0.6 is 11.8 Å². The van der Waals surface area contributed by atoms with Crippen LogP contribution in [0.25, 0.3) is 0 Å². The second-order valence-electron chi connectivity index (χ2n) is 4.56. The zero-order chi connectivity index (χ0) is 13.8. The highest BCUT2D eigenvalue weighted by Crippen LogP contribution is 2.42. The molecule has 4 nitrogen and oxygen atoms in total. The summed E-state index contributed by atoms with van der Waals surface area (Å²) < 4.78 is 16.2. The van der Waals surface area contributed by atoms with Crippen LogP contribution in [-0.2, 0) is 0 Å². The van der Waals surface area contributed by atoms with Crippen molar-refractivity contribution in [1.29, 1.82) is 0 Å². The summed E-state index contributed by atoms with van der Waals surface area (Å²) in [6, 6.07) is 4.40. The Balaban J connectivity index is 2.37. The number of nitrogens with one attached hydrogen (secondary N) is 1. The largest absolute Gasteiger partial charge is 0.496 e. The second kappa shape index (κ2) is 6.39. The first kappa shape index (κ1) is 14.3. The lowest BCUT2D eigenvalue weighted by atomic mass is 10.1. The van der Waals surface area contributed by atoms with Crippen LogP contribution in [0.2, 0.25) is 0 Å². The molecule has 1 N–H and O–H groups in total. The number of hydrogen-bond acceptors (Lipinski definition) is 5. The summed E-state index contributed by atoms with van der Waals surface area (Å²) in [6.45, 7) is 2.21. The van der Waals surface area contributed by atoms with Crippen molar-refractivity contribution in [2.45, 2.75) is 24.8 Å². The molecule has 1 heterocycles. The molecule has 19 heavy (non-hydrogen) atoms.